The molecule has 0 aliphatic rings. The van der Waals surface area contributed by atoms with Gasteiger partial charge in [0.25, 0.3) is 5.91 Å². The van der Waals surface area contributed by atoms with E-state index in [1.54, 1.807) is 23.8 Å². The van der Waals surface area contributed by atoms with Gasteiger partial charge in [-0.1, -0.05) is 23.4 Å². The molecule has 1 aromatic carbocycles. The van der Waals surface area contributed by atoms with Gasteiger partial charge in [0.15, 0.2) is 0 Å². The van der Waals surface area contributed by atoms with Gasteiger partial charge in [0.2, 0.25) is 5.82 Å². The molecule has 3 aromatic heterocycles. The van der Waals surface area contributed by atoms with Crippen LogP contribution in [0.3, 0.4) is 0 Å². The molecule has 4 aromatic rings. The lowest BCUT2D eigenvalue weighted by Crippen LogP contribution is -2.15. The van der Waals surface area contributed by atoms with Crippen LogP contribution in [0.1, 0.15) is 16.1 Å². The van der Waals surface area contributed by atoms with Gasteiger partial charge in [-0.2, -0.15) is 9.87 Å². The van der Waals surface area contributed by atoms with Crippen LogP contribution in [-0.2, 0) is 9.62 Å². The molecule has 30 heavy (non-hydrogen) atoms. The van der Waals surface area contributed by atoms with Crippen LogP contribution < -0.4 is 10.2 Å². The fraction of sp³-hybridized carbons (Fsp3) is 0.200. The van der Waals surface area contributed by atoms with Crippen molar-refractivity contribution in [1.82, 2.24) is 19.5 Å². The number of aryl methyl sites for hydroxylation is 1. The molecule has 10 nitrogen and oxygen atoms in total. The summed E-state index contributed by atoms with van der Waals surface area (Å²) in [5.41, 5.74) is 3.26. The van der Waals surface area contributed by atoms with Gasteiger partial charge in [-0.25, -0.2) is 4.98 Å². The molecule has 0 saturated heterocycles. The van der Waals surface area contributed by atoms with Crippen LogP contribution in [0, 0.1) is 6.92 Å². The van der Waals surface area contributed by atoms with Crippen molar-refractivity contribution in [3.8, 4) is 17.5 Å². The van der Waals surface area contributed by atoms with Crippen LogP contribution >= 0.6 is 0 Å². The summed E-state index contributed by atoms with van der Waals surface area (Å²) in [6, 6.07) is 11.0. The molecule has 0 spiro atoms. The average molecular weight is 409 g/mol. The van der Waals surface area contributed by atoms with Crippen molar-refractivity contribution in [2.24, 2.45) is 0 Å². The second-order valence-electron chi connectivity index (χ2n) is 6.34. The predicted octanol–water partition coefficient (Wildman–Crippen LogP) is 2.90. The number of carbonyl (C=O) groups is 1. The number of hydrogen-bond donors (Lipinski definition) is 1. The molecule has 1 N–H and O–H groups in total. The summed E-state index contributed by atoms with van der Waals surface area (Å²) in [5, 5.41) is 6.79. The molecule has 0 radical (unpaired) electrons. The van der Waals surface area contributed by atoms with Crippen molar-refractivity contribution in [3.63, 3.8) is 0 Å². The van der Waals surface area contributed by atoms with E-state index in [-0.39, 0.29) is 18.6 Å². The summed E-state index contributed by atoms with van der Waals surface area (Å²) in [6.45, 7) is 2.48. The minimum absolute atomic E-state index is 0.127. The maximum absolute atomic E-state index is 12.8. The Kier molecular flexibility index (Phi) is 5.68. The summed E-state index contributed by atoms with van der Waals surface area (Å²) >= 11 is 0. The smallest absolute Gasteiger partial charge is 0.382 e. The summed E-state index contributed by atoms with van der Waals surface area (Å²) in [4.78, 5) is 31.0. The van der Waals surface area contributed by atoms with E-state index in [0.29, 0.717) is 35.0 Å². The van der Waals surface area contributed by atoms with Gasteiger partial charge in [0, 0.05) is 24.6 Å². The van der Waals surface area contributed by atoms with Gasteiger partial charge < -0.3 is 10.1 Å². The maximum Gasteiger partial charge on any atom is 0.449 e. The standard InChI is InChI=1S/C20H19N5O5/c1-13-6-7-14(18-23-20(29-24-18)30-28-10-9-27-2)11-15(13)22-19(26)16-12-21-17-5-3-4-8-25(16)17/h3-8,11-12H,9-10H2,1-2H3,(H,22,26). The number of hydrogen-bond acceptors (Lipinski definition) is 8. The van der Waals surface area contributed by atoms with Crippen molar-refractivity contribution in [3.05, 3.63) is 60.0 Å². The number of benzene rings is 1. The Balaban J connectivity index is 1.51. The molecule has 0 saturated carbocycles. The molecule has 0 aliphatic heterocycles. The minimum Gasteiger partial charge on any atom is -0.382 e. The zero-order valence-electron chi connectivity index (χ0n) is 16.4. The molecule has 4 rings (SSSR count). The van der Waals surface area contributed by atoms with Gasteiger partial charge in [0.05, 0.1) is 12.8 Å². The first-order valence-electron chi connectivity index (χ1n) is 9.12. The lowest BCUT2D eigenvalue weighted by molar-refractivity contribution is -0.230. The number of aromatic nitrogens is 4. The van der Waals surface area contributed by atoms with E-state index in [0.717, 1.165) is 5.56 Å². The third-order valence-corrected chi connectivity index (χ3v) is 4.30. The lowest BCUT2D eigenvalue weighted by atomic mass is 10.1. The highest BCUT2D eigenvalue weighted by Crippen LogP contribution is 2.25. The zero-order chi connectivity index (χ0) is 20.9. The van der Waals surface area contributed by atoms with E-state index < -0.39 is 0 Å². The van der Waals surface area contributed by atoms with Gasteiger partial charge in [-0.05, 0) is 30.7 Å². The number of fused-ring (bicyclic) bond motifs is 1. The van der Waals surface area contributed by atoms with Crippen LogP contribution in [0.4, 0.5) is 5.69 Å². The summed E-state index contributed by atoms with van der Waals surface area (Å²) < 4.78 is 11.6. The number of carbonyl (C=O) groups excluding carboxylic acids is 1. The molecular formula is C20H19N5O5. The number of anilines is 1. The molecular weight excluding hydrogens is 390 g/mol. The zero-order valence-corrected chi connectivity index (χ0v) is 16.4. The van der Waals surface area contributed by atoms with E-state index >= 15 is 0 Å². The van der Waals surface area contributed by atoms with Crippen LogP contribution in [0.25, 0.3) is 17.0 Å². The number of nitrogens with zero attached hydrogens (tertiary/aromatic N) is 4. The molecule has 0 aliphatic carbocycles. The lowest BCUT2D eigenvalue weighted by Gasteiger charge is -2.09. The Bertz CT molecular complexity index is 1170. The highest BCUT2D eigenvalue weighted by atomic mass is 17.2. The summed E-state index contributed by atoms with van der Waals surface area (Å²) in [7, 11) is 1.55. The highest BCUT2D eigenvalue weighted by molar-refractivity contribution is 6.04. The fourth-order valence-electron chi connectivity index (χ4n) is 2.75. The minimum atomic E-state index is -0.280. The van der Waals surface area contributed by atoms with Crippen molar-refractivity contribution in [2.75, 3.05) is 25.6 Å². The van der Waals surface area contributed by atoms with E-state index in [4.69, 9.17) is 19.0 Å². The Morgan fingerprint density at radius 3 is 3.00 bits per heavy atom. The number of nitrogens with one attached hydrogen (secondary N) is 1. The fourth-order valence-corrected chi connectivity index (χ4v) is 2.75. The largest absolute Gasteiger partial charge is 0.449 e. The first kappa shape index (κ1) is 19.6. The van der Waals surface area contributed by atoms with Crippen LogP contribution in [0.5, 0.6) is 6.08 Å². The van der Waals surface area contributed by atoms with Crippen molar-refractivity contribution in [1.29, 1.82) is 0 Å². The summed E-state index contributed by atoms with van der Waals surface area (Å²) in [6.07, 6.45) is 3.20. The number of pyridine rings is 1. The average Bonchev–Trinajstić information content (AvgIpc) is 3.40. The predicted molar refractivity (Wildman–Crippen MR) is 106 cm³/mol. The number of ether oxygens (including phenoxy) is 1. The van der Waals surface area contributed by atoms with E-state index in [2.05, 4.69) is 20.4 Å². The normalized spacial score (nSPS) is 11.0. The van der Waals surface area contributed by atoms with Crippen LogP contribution in [0.15, 0.2) is 53.3 Å². The second kappa shape index (κ2) is 8.72. The monoisotopic (exact) mass is 409 g/mol. The Morgan fingerprint density at radius 1 is 1.23 bits per heavy atom. The van der Waals surface area contributed by atoms with Crippen molar-refractivity contribution < 1.29 is 23.8 Å². The van der Waals surface area contributed by atoms with Gasteiger partial charge in [-0.15, -0.1) is 0 Å². The molecule has 154 valence electrons. The van der Waals surface area contributed by atoms with Crippen molar-refractivity contribution >= 4 is 17.2 Å². The topological polar surface area (TPSA) is 113 Å². The Morgan fingerprint density at radius 2 is 2.13 bits per heavy atom. The van der Waals surface area contributed by atoms with Crippen LogP contribution in [0.2, 0.25) is 0 Å². The number of amides is 1. The molecule has 0 unspecified atom stereocenters. The number of imidazole rings is 1. The summed E-state index contributed by atoms with van der Waals surface area (Å²) in [5.74, 6) is 0.0169. The van der Waals surface area contributed by atoms with Gasteiger partial charge >= 0.3 is 6.08 Å². The van der Waals surface area contributed by atoms with E-state index in [1.807, 2.05) is 37.3 Å². The third kappa shape index (κ3) is 4.14. The Labute approximate surface area is 171 Å². The van der Waals surface area contributed by atoms with E-state index in [9.17, 15) is 4.79 Å². The molecule has 10 heteroatoms. The quantitative estimate of drug-likeness (QED) is 0.268. The van der Waals surface area contributed by atoms with Gasteiger partial charge in [-0.3, -0.25) is 18.6 Å². The van der Waals surface area contributed by atoms with E-state index in [1.165, 1.54) is 6.20 Å². The first-order chi connectivity index (χ1) is 14.7. The maximum atomic E-state index is 12.8. The molecule has 3 heterocycles. The van der Waals surface area contributed by atoms with Crippen molar-refractivity contribution in [2.45, 2.75) is 6.92 Å². The van der Waals surface area contributed by atoms with Gasteiger partial charge in [0.1, 0.15) is 17.9 Å². The van der Waals surface area contributed by atoms with Crippen LogP contribution in [-0.4, -0.2) is 45.8 Å². The highest BCUT2D eigenvalue weighted by Gasteiger charge is 2.16. The number of rotatable bonds is 8. The third-order valence-electron chi connectivity index (χ3n) is 4.30. The first-order valence-corrected chi connectivity index (χ1v) is 9.12. The Hall–Kier alpha value is -3.76. The second-order valence-corrected chi connectivity index (χ2v) is 6.34. The number of methoxy groups -OCH3 is 1. The SMILES string of the molecule is COCCOOc1nc(-c2ccc(C)c(NC(=O)c3cnc4ccccn34)c2)no1. The molecule has 1 amide bonds. The molecule has 0 fully saturated rings. The molecule has 0 atom stereocenters. The molecule has 0 bridgehead atoms.